The molecule has 0 saturated carbocycles. The first-order valence-corrected chi connectivity index (χ1v) is 13.3. The first-order chi connectivity index (χ1) is 17.2. The van der Waals surface area contributed by atoms with Crippen LogP contribution in [0.15, 0.2) is 24.3 Å². The van der Waals surface area contributed by atoms with Gasteiger partial charge in [0.2, 0.25) is 5.91 Å². The number of esters is 1. The van der Waals surface area contributed by atoms with Crippen LogP contribution in [0.3, 0.4) is 0 Å². The predicted octanol–water partition coefficient (Wildman–Crippen LogP) is 5.34. The Morgan fingerprint density at radius 1 is 0.973 bits per heavy atom. The van der Waals surface area contributed by atoms with Gasteiger partial charge in [-0.15, -0.1) is 12.4 Å². The number of aliphatic hydroxyl groups is 1. The lowest BCUT2D eigenvalue weighted by molar-refractivity contribution is -0.384. The summed E-state index contributed by atoms with van der Waals surface area (Å²) < 4.78 is 5.27. The number of ether oxygens (including phenoxy) is 1. The highest BCUT2D eigenvalue weighted by Crippen LogP contribution is 2.21. The van der Waals surface area contributed by atoms with Gasteiger partial charge in [-0.3, -0.25) is 24.6 Å². The van der Waals surface area contributed by atoms with Gasteiger partial charge in [0, 0.05) is 18.6 Å². The molecule has 0 saturated heterocycles. The Bertz CT molecular complexity index is 776. The number of aliphatic hydroxyl groups excluding tert-OH is 1. The summed E-state index contributed by atoms with van der Waals surface area (Å²) in [4.78, 5) is 36.6. The van der Waals surface area contributed by atoms with Crippen LogP contribution in [0.5, 0.6) is 0 Å². The number of unbranched alkanes of at least 4 members (excludes halogenated alkanes) is 10. The molecule has 0 radical (unpaired) electrons. The topological polar surface area (TPSA) is 122 Å². The Kier molecular flexibility index (Phi) is 19.5. The third kappa shape index (κ3) is 16.3. The van der Waals surface area contributed by atoms with E-state index in [9.17, 15) is 24.8 Å². The number of hydrogen-bond acceptors (Lipinski definition) is 7. The number of nitro benzene ring substituents is 1. The molecular weight excluding hydrogens is 498 g/mol. The van der Waals surface area contributed by atoms with Gasteiger partial charge >= 0.3 is 5.97 Å². The van der Waals surface area contributed by atoms with E-state index in [0.717, 1.165) is 19.3 Å². The minimum Gasteiger partial charge on any atom is -0.462 e. The molecule has 0 aromatic heterocycles. The minimum atomic E-state index is -1.18. The second-order valence-corrected chi connectivity index (χ2v) is 9.67. The fourth-order valence-electron chi connectivity index (χ4n) is 3.95. The lowest BCUT2D eigenvalue weighted by Crippen LogP contribution is -2.43. The molecule has 1 aromatic carbocycles. The van der Waals surface area contributed by atoms with E-state index in [2.05, 4.69) is 12.2 Å². The molecule has 9 nitrogen and oxygen atoms in total. The van der Waals surface area contributed by atoms with E-state index >= 15 is 0 Å². The SMILES string of the molecule is CCCCCCCCCCCCCC(=O)N[C@H](COC(=O)CN(C)C)[C@H](O)c1ccc([N+](=O)[O-])cc1.Cl. The highest BCUT2D eigenvalue weighted by molar-refractivity contribution is 5.85. The number of non-ortho nitro benzene ring substituents is 1. The third-order valence-corrected chi connectivity index (χ3v) is 6.05. The Balaban J connectivity index is 0.0000130. The van der Waals surface area contributed by atoms with E-state index in [1.807, 2.05) is 0 Å². The van der Waals surface area contributed by atoms with Crippen molar-refractivity contribution in [1.82, 2.24) is 10.2 Å². The molecule has 0 aliphatic rings. The summed E-state index contributed by atoms with van der Waals surface area (Å²) in [5.41, 5.74) is 0.296. The summed E-state index contributed by atoms with van der Waals surface area (Å²) in [6.45, 7) is 2.10. The summed E-state index contributed by atoms with van der Waals surface area (Å²) >= 11 is 0. The van der Waals surface area contributed by atoms with Gasteiger partial charge in [0.05, 0.1) is 17.5 Å². The molecule has 2 atom stereocenters. The molecule has 0 bridgehead atoms. The van der Waals surface area contributed by atoms with Crippen molar-refractivity contribution in [2.45, 2.75) is 96.1 Å². The molecule has 0 aliphatic heterocycles. The maximum Gasteiger partial charge on any atom is 0.320 e. The number of nitrogens with one attached hydrogen (secondary N) is 1. The van der Waals surface area contributed by atoms with Crippen molar-refractivity contribution in [3.63, 3.8) is 0 Å². The Labute approximate surface area is 227 Å². The predicted molar refractivity (Wildman–Crippen MR) is 148 cm³/mol. The summed E-state index contributed by atoms with van der Waals surface area (Å²) in [7, 11) is 3.47. The average molecular weight is 544 g/mol. The van der Waals surface area contributed by atoms with Crippen LogP contribution in [0.4, 0.5) is 5.69 Å². The van der Waals surface area contributed by atoms with E-state index in [-0.39, 0.29) is 37.2 Å². The molecule has 37 heavy (non-hydrogen) atoms. The zero-order chi connectivity index (χ0) is 26.8. The molecule has 0 heterocycles. The zero-order valence-electron chi connectivity index (χ0n) is 22.7. The second-order valence-electron chi connectivity index (χ2n) is 9.67. The van der Waals surface area contributed by atoms with Gasteiger partial charge in [0.1, 0.15) is 12.7 Å². The summed E-state index contributed by atoms with van der Waals surface area (Å²) in [6, 6.07) is 4.60. The van der Waals surface area contributed by atoms with E-state index in [0.29, 0.717) is 12.0 Å². The highest BCUT2D eigenvalue weighted by Gasteiger charge is 2.25. The number of nitro groups is 1. The van der Waals surface area contributed by atoms with Crippen molar-refractivity contribution in [2.24, 2.45) is 0 Å². The number of benzene rings is 1. The van der Waals surface area contributed by atoms with E-state index < -0.39 is 23.0 Å². The van der Waals surface area contributed by atoms with Crippen molar-refractivity contribution in [1.29, 1.82) is 0 Å². The van der Waals surface area contributed by atoms with Gasteiger partial charge in [-0.25, -0.2) is 0 Å². The van der Waals surface area contributed by atoms with Gasteiger partial charge in [0.15, 0.2) is 0 Å². The van der Waals surface area contributed by atoms with Crippen LogP contribution in [0, 0.1) is 10.1 Å². The van der Waals surface area contributed by atoms with E-state index in [4.69, 9.17) is 4.74 Å². The molecule has 0 spiro atoms. The smallest absolute Gasteiger partial charge is 0.320 e. The van der Waals surface area contributed by atoms with Crippen molar-refractivity contribution in [2.75, 3.05) is 27.2 Å². The molecule has 0 fully saturated rings. The van der Waals surface area contributed by atoms with Crippen LogP contribution in [-0.2, 0) is 14.3 Å². The van der Waals surface area contributed by atoms with Crippen molar-refractivity contribution in [3.8, 4) is 0 Å². The summed E-state index contributed by atoms with van der Waals surface area (Å²) in [5, 5.41) is 24.5. The fourth-order valence-corrected chi connectivity index (χ4v) is 3.95. The van der Waals surface area contributed by atoms with Gasteiger partial charge in [0.25, 0.3) is 5.69 Å². The lowest BCUT2D eigenvalue weighted by Gasteiger charge is -2.24. The molecule has 212 valence electrons. The molecule has 1 aromatic rings. The first kappa shape index (κ1) is 34.8. The summed E-state index contributed by atoms with van der Waals surface area (Å²) in [6.07, 6.45) is 12.2. The number of hydrogen-bond donors (Lipinski definition) is 2. The Morgan fingerprint density at radius 2 is 1.49 bits per heavy atom. The van der Waals surface area contributed by atoms with Gasteiger partial charge in [-0.1, -0.05) is 71.1 Å². The van der Waals surface area contributed by atoms with Crippen LogP contribution in [0.25, 0.3) is 0 Å². The summed E-state index contributed by atoms with van der Waals surface area (Å²) in [5.74, 6) is -0.693. The Hall–Kier alpha value is -2.23. The van der Waals surface area contributed by atoms with Crippen molar-refractivity contribution in [3.05, 3.63) is 39.9 Å². The first-order valence-electron chi connectivity index (χ1n) is 13.3. The molecule has 2 N–H and O–H groups in total. The normalized spacial score (nSPS) is 12.5. The van der Waals surface area contributed by atoms with Gasteiger partial charge < -0.3 is 15.2 Å². The van der Waals surface area contributed by atoms with Crippen LogP contribution < -0.4 is 5.32 Å². The lowest BCUT2D eigenvalue weighted by atomic mass is 10.0. The number of nitrogens with zero attached hydrogens (tertiary/aromatic N) is 2. The zero-order valence-corrected chi connectivity index (χ0v) is 23.5. The number of amides is 1. The average Bonchev–Trinajstić information content (AvgIpc) is 2.84. The largest absolute Gasteiger partial charge is 0.462 e. The number of likely N-dealkylation sites (N-methyl/N-ethyl adjacent to an activating group) is 1. The van der Waals surface area contributed by atoms with Crippen molar-refractivity contribution >= 4 is 30.0 Å². The second kappa shape index (κ2) is 20.8. The molecule has 1 amide bonds. The number of carbonyl (C=O) groups is 2. The maximum absolute atomic E-state index is 12.6. The fraction of sp³-hybridized carbons (Fsp3) is 0.704. The quantitative estimate of drug-likeness (QED) is 0.0984. The van der Waals surface area contributed by atoms with Crippen LogP contribution in [0.2, 0.25) is 0 Å². The van der Waals surface area contributed by atoms with Gasteiger partial charge in [-0.2, -0.15) is 0 Å². The highest BCUT2D eigenvalue weighted by atomic mass is 35.5. The van der Waals surface area contributed by atoms with E-state index in [1.54, 1.807) is 19.0 Å². The van der Waals surface area contributed by atoms with Crippen LogP contribution >= 0.6 is 12.4 Å². The molecule has 1 rings (SSSR count). The molecule has 10 heteroatoms. The van der Waals surface area contributed by atoms with Crippen LogP contribution in [0.1, 0.15) is 95.6 Å². The monoisotopic (exact) mass is 543 g/mol. The number of carbonyl (C=O) groups excluding carboxylic acids is 2. The molecule has 0 aliphatic carbocycles. The standard InChI is InChI=1S/C27H45N3O6.ClH/c1-4-5-6-7-8-9-10-11-12-13-14-15-25(31)28-24(21-36-26(32)20-29(2)3)27(33)22-16-18-23(19-17-22)30(34)35;/h16-19,24,27,33H,4-15,20-21H2,1-3H3,(H,28,31);1H/t24-,27-;/m1./s1. The molecule has 0 unspecified atom stereocenters. The maximum atomic E-state index is 12.6. The van der Waals surface area contributed by atoms with Crippen molar-refractivity contribution < 1.29 is 24.4 Å². The number of halogens is 1. The van der Waals surface area contributed by atoms with Crippen LogP contribution in [-0.4, -0.2) is 60.1 Å². The van der Waals surface area contributed by atoms with Gasteiger partial charge in [-0.05, 0) is 38.2 Å². The third-order valence-electron chi connectivity index (χ3n) is 6.05. The minimum absolute atomic E-state index is 0. The molecular formula is C27H46ClN3O6. The number of rotatable bonds is 20. The van der Waals surface area contributed by atoms with E-state index in [1.165, 1.54) is 75.6 Å². The Morgan fingerprint density at radius 3 is 1.97 bits per heavy atom.